The van der Waals surface area contributed by atoms with E-state index in [9.17, 15) is 4.79 Å². The van der Waals surface area contributed by atoms with Crippen LogP contribution in [0.5, 0.6) is 0 Å². The normalized spacial score (nSPS) is 10.4. The van der Waals surface area contributed by atoms with Gasteiger partial charge in [-0.25, -0.2) is 4.79 Å². The lowest BCUT2D eigenvalue weighted by molar-refractivity contribution is 0.412. The Morgan fingerprint density at radius 3 is 1.88 bits per heavy atom. The zero-order valence-corrected chi connectivity index (χ0v) is 9.06. The molecule has 16 heavy (non-hydrogen) atoms. The van der Waals surface area contributed by atoms with Crippen molar-refractivity contribution in [1.29, 1.82) is 0 Å². The number of isocyanates is 1. The highest BCUT2D eigenvalue weighted by Gasteiger charge is 2.19. The van der Waals surface area contributed by atoms with E-state index in [0.29, 0.717) is 11.5 Å². The lowest BCUT2D eigenvalue weighted by Crippen LogP contribution is -1.94. The van der Waals surface area contributed by atoms with Crippen molar-refractivity contribution in [2.75, 3.05) is 0 Å². The predicted octanol–water partition coefficient (Wildman–Crippen LogP) is 2.91. The molecule has 2 aromatic rings. The van der Waals surface area contributed by atoms with Crippen LogP contribution >= 0.6 is 0 Å². The second kappa shape index (κ2) is 4.21. The van der Waals surface area contributed by atoms with Crippen LogP contribution in [0.25, 0.3) is 0 Å². The van der Waals surface area contributed by atoms with Gasteiger partial charge in [0.1, 0.15) is 23.0 Å². The molecule has 82 valence electrons. The van der Waals surface area contributed by atoms with Crippen LogP contribution < -0.4 is 0 Å². The van der Waals surface area contributed by atoms with Crippen molar-refractivity contribution in [3.63, 3.8) is 0 Å². The fraction of sp³-hybridized carbons (Fsp3) is 0.250. The third kappa shape index (κ3) is 1.97. The molecule has 0 aliphatic carbocycles. The molecule has 0 amide bonds. The van der Waals surface area contributed by atoms with Crippen LogP contribution in [0.4, 0.5) is 0 Å². The number of hydrogen-bond acceptors (Lipinski definition) is 4. The summed E-state index contributed by atoms with van der Waals surface area (Å²) in [7, 11) is 0. The van der Waals surface area contributed by atoms with Gasteiger partial charge in [0.25, 0.3) is 0 Å². The van der Waals surface area contributed by atoms with Crippen LogP contribution in [0.15, 0.2) is 38.1 Å². The molecule has 0 unspecified atom stereocenters. The van der Waals surface area contributed by atoms with Gasteiger partial charge in [-0.2, -0.15) is 4.99 Å². The standard InChI is InChI=1S/C12H11NO3/c1-8-3-5-10(15-8)12(13-7-14)11-6-4-9(2)16-11/h3-6,12H,1-2H3. The number of hydrogen-bond donors (Lipinski definition) is 0. The number of carbonyl (C=O) groups excluding carboxylic acids is 1. The Hall–Kier alpha value is -2.06. The van der Waals surface area contributed by atoms with Crippen molar-refractivity contribution in [3.05, 3.63) is 47.3 Å². The third-order valence-corrected chi connectivity index (χ3v) is 2.24. The average molecular weight is 217 g/mol. The van der Waals surface area contributed by atoms with E-state index in [0.717, 1.165) is 11.5 Å². The Morgan fingerprint density at radius 1 is 1.06 bits per heavy atom. The molecular formula is C12H11NO3. The molecule has 0 aliphatic heterocycles. The van der Waals surface area contributed by atoms with Crippen molar-refractivity contribution in [1.82, 2.24) is 0 Å². The lowest BCUT2D eigenvalue weighted by atomic mass is 10.2. The van der Waals surface area contributed by atoms with Crippen molar-refractivity contribution in [2.24, 2.45) is 4.99 Å². The lowest BCUT2D eigenvalue weighted by Gasteiger charge is -2.03. The first-order chi connectivity index (χ1) is 7.70. The maximum atomic E-state index is 10.4. The number of nitrogens with zero attached hydrogens (tertiary/aromatic N) is 1. The Kier molecular flexibility index (Phi) is 2.75. The molecule has 2 heterocycles. The molecule has 0 atom stereocenters. The van der Waals surface area contributed by atoms with Crippen LogP contribution in [-0.4, -0.2) is 6.08 Å². The molecule has 0 fully saturated rings. The summed E-state index contributed by atoms with van der Waals surface area (Å²) in [6, 6.07) is 6.65. The number of aliphatic imine (C=N–C) groups is 1. The van der Waals surface area contributed by atoms with Crippen LogP contribution in [0.3, 0.4) is 0 Å². The molecule has 0 saturated heterocycles. The minimum Gasteiger partial charge on any atom is -0.464 e. The van der Waals surface area contributed by atoms with Crippen LogP contribution in [0.1, 0.15) is 29.1 Å². The van der Waals surface area contributed by atoms with Gasteiger partial charge in [0.2, 0.25) is 6.08 Å². The summed E-state index contributed by atoms with van der Waals surface area (Å²) in [6.45, 7) is 3.66. The maximum Gasteiger partial charge on any atom is 0.236 e. The number of aryl methyl sites for hydroxylation is 2. The van der Waals surface area contributed by atoms with E-state index in [4.69, 9.17) is 8.83 Å². The van der Waals surface area contributed by atoms with Crippen molar-refractivity contribution in [2.45, 2.75) is 19.9 Å². The van der Waals surface area contributed by atoms with E-state index >= 15 is 0 Å². The summed E-state index contributed by atoms with van der Waals surface area (Å²) in [5, 5.41) is 0. The maximum absolute atomic E-state index is 10.4. The first-order valence-electron chi connectivity index (χ1n) is 4.90. The highest BCUT2D eigenvalue weighted by Crippen LogP contribution is 2.28. The van der Waals surface area contributed by atoms with Crippen LogP contribution in [0.2, 0.25) is 0 Å². The Bertz CT molecular complexity index is 492. The first-order valence-corrected chi connectivity index (χ1v) is 4.90. The molecular weight excluding hydrogens is 206 g/mol. The molecule has 0 aromatic carbocycles. The predicted molar refractivity (Wildman–Crippen MR) is 56.9 cm³/mol. The topological polar surface area (TPSA) is 55.7 Å². The molecule has 0 spiro atoms. The monoisotopic (exact) mass is 217 g/mol. The number of furan rings is 2. The minimum atomic E-state index is -0.542. The second-order valence-corrected chi connectivity index (χ2v) is 3.52. The van der Waals surface area contributed by atoms with Gasteiger partial charge in [0.15, 0.2) is 6.04 Å². The molecule has 2 rings (SSSR count). The summed E-state index contributed by atoms with van der Waals surface area (Å²) >= 11 is 0. The highest BCUT2D eigenvalue weighted by atomic mass is 16.4. The quantitative estimate of drug-likeness (QED) is 0.586. The molecule has 2 aromatic heterocycles. The molecule has 4 heteroatoms. The minimum absolute atomic E-state index is 0.542. The van der Waals surface area contributed by atoms with Gasteiger partial charge in [0.05, 0.1) is 0 Å². The van der Waals surface area contributed by atoms with Crippen molar-refractivity contribution < 1.29 is 13.6 Å². The van der Waals surface area contributed by atoms with Crippen molar-refractivity contribution in [3.8, 4) is 0 Å². The largest absolute Gasteiger partial charge is 0.464 e. The van der Waals surface area contributed by atoms with Gasteiger partial charge in [-0.05, 0) is 38.1 Å². The number of rotatable bonds is 3. The van der Waals surface area contributed by atoms with Gasteiger partial charge < -0.3 is 8.83 Å². The highest BCUT2D eigenvalue weighted by molar-refractivity contribution is 5.37. The Labute approximate surface area is 92.6 Å². The summed E-state index contributed by atoms with van der Waals surface area (Å²) in [5.74, 6) is 2.69. The fourth-order valence-electron chi connectivity index (χ4n) is 1.52. The molecule has 0 N–H and O–H groups in total. The molecule has 0 aliphatic rings. The molecule has 4 nitrogen and oxygen atoms in total. The van der Waals surface area contributed by atoms with Crippen LogP contribution in [-0.2, 0) is 4.79 Å². The third-order valence-electron chi connectivity index (χ3n) is 2.24. The summed E-state index contributed by atoms with van der Waals surface area (Å²) in [4.78, 5) is 14.1. The Morgan fingerprint density at radius 2 is 1.56 bits per heavy atom. The van der Waals surface area contributed by atoms with E-state index in [1.807, 2.05) is 26.0 Å². The van der Waals surface area contributed by atoms with Gasteiger partial charge in [0, 0.05) is 0 Å². The van der Waals surface area contributed by atoms with Gasteiger partial charge in [-0.15, -0.1) is 0 Å². The molecule has 0 radical (unpaired) electrons. The van der Waals surface area contributed by atoms with E-state index in [2.05, 4.69) is 4.99 Å². The zero-order chi connectivity index (χ0) is 11.5. The SMILES string of the molecule is Cc1ccc(C(N=C=O)c2ccc(C)o2)o1. The van der Waals surface area contributed by atoms with E-state index in [1.54, 1.807) is 12.1 Å². The van der Waals surface area contributed by atoms with Gasteiger partial charge in [-0.3, -0.25) is 0 Å². The summed E-state index contributed by atoms with van der Waals surface area (Å²) < 4.78 is 10.9. The molecule has 0 saturated carbocycles. The average Bonchev–Trinajstić information content (AvgIpc) is 2.84. The van der Waals surface area contributed by atoms with E-state index < -0.39 is 6.04 Å². The second-order valence-electron chi connectivity index (χ2n) is 3.52. The first kappa shape index (κ1) is 10.5. The van der Waals surface area contributed by atoms with E-state index in [1.165, 1.54) is 6.08 Å². The summed E-state index contributed by atoms with van der Waals surface area (Å²) in [5.41, 5.74) is 0. The Balaban J connectivity index is 2.41. The van der Waals surface area contributed by atoms with E-state index in [-0.39, 0.29) is 0 Å². The fourth-order valence-corrected chi connectivity index (χ4v) is 1.52. The summed E-state index contributed by atoms with van der Waals surface area (Å²) in [6.07, 6.45) is 1.54. The smallest absolute Gasteiger partial charge is 0.236 e. The van der Waals surface area contributed by atoms with Gasteiger partial charge in [-0.1, -0.05) is 0 Å². The molecule has 0 bridgehead atoms. The zero-order valence-electron chi connectivity index (χ0n) is 9.06. The van der Waals surface area contributed by atoms with Crippen molar-refractivity contribution >= 4 is 6.08 Å². The van der Waals surface area contributed by atoms with Gasteiger partial charge >= 0.3 is 0 Å². The van der Waals surface area contributed by atoms with Crippen LogP contribution in [0, 0.1) is 13.8 Å².